The number of rotatable bonds is 9. The van der Waals surface area contributed by atoms with Crippen LogP contribution >= 0.6 is 0 Å². The first-order chi connectivity index (χ1) is 15.6. The van der Waals surface area contributed by atoms with E-state index in [1.807, 2.05) is 56.3 Å². The summed E-state index contributed by atoms with van der Waals surface area (Å²) in [5.74, 6) is 0.539. The highest BCUT2D eigenvalue weighted by Crippen LogP contribution is 2.25. The predicted molar refractivity (Wildman–Crippen MR) is 120 cm³/mol. The van der Waals surface area contributed by atoms with Crippen molar-refractivity contribution in [3.63, 3.8) is 0 Å². The van der Waals surface area contributed by atoms with Gasteiger partial charge in [0.2, 0.25) is 0 Å². The monoisotopic (exact) mass is 432 g/mol. The number of nitrogens with zero attached hydrogens (tertiary/aromatic N) is 3. The van der Waals surface area contributed by atoms with Gasteiger partial charge < -0.3 is 19.2 Å². The van der Waals surface area contributed by atoms with E-state index in [1.54, 1.807) is 22.9 Å². The maximum atomic E-state index is 12.3. The molecule has 0 aliphatic heterocycles. The maximum absolute atomic E-state index is 12.3. The molecule has 8 nitrogen and oxygen atoms in total. The minimum atomic E-state index is -0.329. The number of ether oxygens (including phenoxy) is 2. The lowest BCUT2D eigenvalue weighted by atomic mass is 10.1. The molecule has 0 saturated carbocycles. The van der Waals surface area contributed by atoms with Crippen LogP contribution in [-0.4, -0.2) is 40.5 Å². The first kappa shape index (κ1) is 21.3. The van der Waals surface area contributed by atoms with E-state index < -0.39 is 0 Å². The van der Waals surface area contributed by atoms with Gasteiger partial charge in [0.1, 0.15) is 6.61 Å². The van der Waals surface area contributed by atoms with Crippen molar-refractivity contribution in [2.75, 3.05) is 25.1 Å². The summed E-state index contributed by atoms with van der Waals surface area (Å²) in [4.78, 5) is 16.9. The van der Waals surface area contributed by atoms with E-state index >= 15 is 0 Å². The lowest BCUT2D eigenvalue weighted by Gasteiger charge is -2.09. The zero-order valence-corrected chi connectivity index (χ0v) is 17.9. The zero-order chi connectivity index (χ0) is 22.3. The minimum Gasteiger partial charge on any atom is -0.460 e. The third kappa shape index (κ3) is 5.04. The number of hydrogen-bond donors (Lipinski definition) is 1. The summed E-state index contributed by atoms with van der Waals surface area (Å²) in [7, 11) is 0. The molecule has 8 heteroatoms. The van der Waals surface area contributed by atoms with E-state index in [9.17, 15) is 4.79 Å². The van der Waals surface area contributed by atoms with Gasteiger partial charge in [-0.2, -0.15) is 4.98 Å². The second-order valence-corrected chi connectivity index (χ2v) is 7.02. The molecule has 0 fully saturated rings. The largest absolute Gasteiger partial charge is 0.460 e. The molecule has 2 aromatic heterocycles. The molecule has 2 heterocycles. The first-order valence-corrected chi connectivity index (χ1v) is 10.3. The van der Waals surface area contributed by atoms with E-state index in [2.05, 4.69) is 15.4 Å². The Labute approximate surface area is 185 Å². The Kier molecular flexibility index (Phi) is 6.62. The molecule has 0 bridgehead atoms. The number of benzene rings is 2. The van der Waals surface area contributed by atoms with E-state index in [1.165, 1.54) is 6.26 Å². The van der Waals surface area contributed by atoms with Crippen LogP contribution in [0, 0.1) is 6.92 Å². The smallest absolute Gasteiger partial charge is 0.336 e. The molecule has 4 aromatic rings. The number of furan rings is 1. The highest BCUT2D eigenvalue weighted by atomic mass is 16.5. The average Bonchev–Trinajstić information content (AvgIpc) is 3.48. The molecule has 0 radical (unpaired) electrons. The van der Waals surface area contributed by atoms with Gasteiger partial charge in [-0.25, -0.2) is 4.68 Å². The fourth-order valence-electron chi connectivity index (χ4n) is 3.08. The van der Waals surface area contributed by atoms with Crippen molar-refractivity contribution in [2.24, 2.45) is 0 Å². The van der Waals surface area contributed by atoms with Crippen molar-refractivity contribution in [3.8, 4) is 23.1 Å². The number of carbonyl (C=O) groups is 1. The van der Waals surface area contributed by atoms with Crippen molar-refractivity contribution in [3.05, 3.63) is 78.3 Å². The van der Waals surface area contributed by atoms with Crippen LogP contribution in [-0.2, 0) is 4.74 Å². The molecule has 1 N–H and O–H groups in total. The van der Waals surface area contributed by atoms with Crippen molar-refractivity contribution in [1.82, 2.24) is 14.8 Å². The molecule has 0 unspecified atom stereocenters. The summed E-state index contributed by atoms with van der Waals surface area (Å²) in [6.45, 7) is 5.39. The molecule has 0 spiro atoms. The highest BCUT2D eigenvalue weighted by Gasteiger charge is 2.16. The lowest BCUT2D eigenvalue weighted by molar-refractivity contribution is 0.0996. The van der Waals surface area contributed by atoms with Gasteiger partial charge in [0.05, 0.1) is 18.6 Å². The molecule has 4 rings (SSSR count). The quantitative estimate of drug-likeness (QED) is 0.392. The van der Waals surface area contributed by atoms with Crippen molar-refractivity contribution in [2.45, 2.75) is 13.8 Å². The van der Waals surface area contributed by atoms with Crippen LogP contribution < -0.4 is 10.1 Å². The molecule has 164 valence electrons. The number of amides is 1. The molecule has 32 heavy (non-hydrogen) atoms. The number of hydrogen-bond acceptors (Lipinski definition) is 6. The fraction of sp³-hybridized carbons (Fsp3) is 0.208. The van der Waals surface area contributed by atoms with E-state index in [0.29, 0.717) is 31.3 Å². The average molecular weight is 432 g/mol. The van der Waals surface area contributed by atoms with Gasteiger partial charge in [-0.1, -0.05) is 35.9 Å². The van der Waals surface area contributed by atoms with Gasteiger partial charge in [-0.3, -0.25) is 4.79 Å². The van der Waals surface area contributed by atoms with Gasteiger partial charge in [-0.05, 0) is 44.2 Å². The number of nitrogens with one attached hydrogen (secondary N) is 1. The SMILES string of the molecule is CCOCCOc1nc(-c2ccc(C)cc2)n(-c2cccc(NC(=O)c3ccco3)c2)n1. The predicted octanol–water partition coefficient (Wildman–Crippen LogP) is 4.50. The van der Waals surface area contributed by atoms with Gasteiger partial charge in [0.15, 0.2) is 11.6 Å². The maximum Gasteiger partial charge on any atom is 0.336 e. The van der Waals surface area contributed by atoms with Crippen molar-refractivity contribution >= 4 is 11.6 Å². The standard InChI is InChI=1S/C24H24N4O4/c1-3-30-14-15-32-24-26-22(18-11-9-17(2)10-12-18)28(27-24)20-7-4-6-19(16-20)25-23(29)21-8-5-13-31-21/h4-13,16H,3,14-15H2,1-2H3,(H,25,29). The van der Waals surface area contributed by atoms with Crippen LogP contribution in [0.5, 0.6) is 6.01 Å². The van der Waals surface area contributed by atoms with Crippen LogP contribution in [0.15, 0.2) is 71.3 Å². The molecule has 0 saturated heterocycles. The van der Waals surface area contributed by atoms with Crippen LogP contribution in [0.2, 0.25) is 0 Å². The summed E-state index contributed by atoms with van der Waals surface area (Å²) in [5, 5.41) is 7.38. The Hall–Kier alpha value is -3.91. The lowest BCUT2D eigenvalue weighted by Crippen LogP contribution is -2.11. The van der Waals surface area contributed by atoms with Gasteiger partial charge in [0.25, 0.3) is 5.91 Å². The Bertz CT molecular complexity index is 1170. The van der Waals surface area contributed by atoms with Crippen LogP contribution in [0.3, 0.4) is 0 Å². The molecule has 0 atom stereocenters. The Morgan fingerprint density at radius 1 is 1.09 bits per heavy atom. The molecular weight excluding hydrogens is 408 g/mol. The van der Waals surface area contributed by atoms with Gasteiger partial charge >= 0.3 is 6.01 Å². The summed E-state index contributed by atoms with van der Waals surface area (Å²) in [5.41, 5.74) is 3.38. The van der Waals surface area contributed by atoms with Crippen molar-refractivity contribution < 1.29 is 18.7 Å². The second kappa shape index (κ2) is 9.93. The van der Waals surface area contributed by atoms with Crippen LogP contribution in [0.25, 0.3) is 17.1 Å². The van der Waals surface area contributed by atoms with Crippen LogP contribution in [0.4, 0.5) is 5.69 Å². The molecule has 1 amide bonds. The Morgan fingerprint density at radius 3 is 2.69 bits per heavy atom. The summed E-state index contributed by atoms with van der Waals surface area (Å²) < 4.78 is 17.9. The minimum absolute atomic E-state index is 0.237. The fourth-order valence-corrected chi connectivity index (χ4v) is 3.08. The summed E-state index contributed by atoms with van der Waals surface area (Å²) in [6, 6.07) is 18.9. The molecule has 0 aliphatic rings. The van der Waals surface area contributed by atoms with Gasteiger partial charge in [-0.15, -0.1) is 5.10 Å². The number of aryl methyl sites for hydroxylation is 1. The number of aromatic nitrogens is 3. The topological polar surface area (TPSA) is 91.4 Å². The van der Waals surface area contributed by atoms with Crippen molar-refractivity contribution in [1.29, 1.82) is 0 Å². The Balaban J connectivity index is 1.64. The molecule has 2 aromatic carbocycles. The summed E-state index contributed by atoms with van der Waals surface area (Å²) in [6.07, 6.45) is 1.46. The summed E-state index contributed by atoms with van der Waals surface area (Å²) >= 11 is 0. The number of anilines is 1. The normalized spacial score (nSPS) is 10.8. The second-order valence-electron chi connectivity index (χ2n) is 7.02. The van der Waals surface area contributed by atoms with Crippen LogP contribution in [0.1, 0.15) is 23.0 Å². The molecular formula is C24H24N4O4. The highest BCUT2D eigenvalue weighted by molar-refractivity contribution is 6.02. The Morgan fingerprint density at radius 2 is 1.94 bits per heavy atom. The molecule has 0 aliphatic carbocycles. The van der Waals surface area contributed by atoms with E-state index in [-0.39, 0.29) is 17.7 Å². The van der Waals surface area contributed by atoms with E-state index in [0.717, 1.165) is 16.8 Å². The van der Waals surface area contributed by atoms with E-state index in [4.69, 9.17) is 13.9 Å². The number of carbonyl (C=O) groups excluding carboxylic acids is 1. The first-order valence-electron chi connectivity index (χ1n) is 10.3. The third-order valence-corrected chi connectivity index (χ3v) is 4.65. The zero-order valence-electron chi connectivity index (χ0n) is 17.9. The van der Waals surface area contributed by atoms with Gasteiger partial charge in [0, 0.05) is 17.9 Å². The third-order valence-electron chi connectivity index (χ3n) is 4.65.